The Hall–Kier alpha value is -3.83. The fraction of sp³-hybridized carbons (Fsp3) is 0.333. The molecule has 1 fully saturated rings. The first-order valence-corrected chi connectivity index (χ1v) is 12.7. The molecule has 0 radical (unpaired) electrons. The zero-order chi connectivity index (χ0) is 27.9. The maximum Gasteiger partial charge on any atom is 0.487 e. The lowest BCUT2D eigenvalue weighted by molar-refractivity contribution is -0.0964. The van der Waals surface area contributed by atoms with E-state index in [0.717, 1.165) is 0 Å². The van der Waals surface area contributed by atoms with Gasteiger partial charge in [-0.25, -0.2) is 4.98 Å². The first-order chi connectivity index (χ1) is 18.5. The molecule has 0 saturated carbocycles. The van der Waals surface area contributed by atoms with Crippen LogP contribution in [0.3, 0.4) is 0 Å². The summed E-state index contributed by atoms with van der Waals surface area (Å²) < 4.78 is 35.9. The Balaban J connectivity index is 1.47. The summed E-state index contributed by atoms with van der Waals surface area (Å²) in [5.74, 6) is -0.0757. The first kappa shape index (κ1) is 26.8. The minimum absolute atomic E-state index is 0.0227. The van der Waals surface area contributed by atoms with Crippen LogP contribution in [0.5, 0.6) is 5.75 Å². The number of amides is 2. The van der Waals surface area contributed by atoms with Crippen LogP contribution in [0.1, 0.15) is 40.3 Å². The van der Waals surface area contributed by atoms with Gasteiger partial charge in [-0.3, -0.25) is 14.6 Å². The van der Waals surface area contributed by atoms with Gasteiger partial charge in [0.1, 0.15) is 11.6 Å². The molecule has 4 heterocycles. The van der Waals surface area contributed by atoms with Gasteiger partial charge in [-0.1, -0.05) is 0 Å². The summed E-state index contributed by atoms with van der Waals surface area (Å²) in [5, 5.41) is 2.73. The Morgan fingerprint density at radius 1 is 1.10 bits per heavy atom. The van der Waals surface area contributed by atoms with Crippen molar-refractivity contribution in [3.05, 3.63) is 65.6 Å². The van der Waals surface area contributed by atoms with E-state index in [1.54, 1.807) is 30.3 Å². The average Bonchev–Trinajstić information content (AvgIpc) is 3.16. The van der Waals surface area contributed by atoms with Gasteiger partial charge in [0.2, 0.25) is 0 Å². The highest BCUT2D eigenvalue weighted by Crippen LogP contribution is 2.34. The summed E-state index contributed by atoms with van der Waals surface area (Å²) in [7, 11) is 1.72. The van der Waals surface area contributed by atoms with Gasteiger partial charge < -0.3 is 24.6 Å². The van der Waals surface area contributed by atoms with Crippen molar-refractivity contribution in [3.8, 4) is 16.9 Å². The molecule has 204 valence electrons. The normalized spacial score (nSPS) is 19.2. The van der Waals surface area contributed by atoms with E-state index in [9.17, 15) is 18.4 Å². The van der Waals surface area contributed by atoms with Crippen molar-refractivity contribution < 1.29 is 27.8 Å². The van der Waals surface area contributed by atoms with Crippen LogP contribution >= 0.6 is 11.6 Å². The molecule has 2 aliphatic rings. The molecule has 3 aromatic rings. The second kappa shape index (κ2) is 10.4. The predicted octanol–water partition coefficient (Wildman–Crippen LogP) is 4.76. The standard InChI is InChI=1S/C27H26ClF2N5O4/c1-15-12-35(13-16(2)38-15)24-21(17-8-22-23(31-10-17)14-34(3)26(22)37)9-18(11-32-24)25(36)33-19-4-6-20(7-5-19)39-27(28,29)30/h4-11,15-16H,12-14H2,1-3H3,(H,33,36)/t15-,16-/m1/s1. The van der Waals surface area contributed by atoms with Crippen LogP contribution in [-0.4, -0.2) is 64.6 Å². The number of anilines is 2. The Kier molecular flexibility index (Phi) is 7.13. The number of fused-ring (bicyclic) bond motifs is 1. The number of halogens is 3. The number of ether oxygens (including phenoxy) is 2. The molecule has 0 bridgehead atoms. The molecule has 2 amide bonds. The van der Waals surface area contributed by atoms with Gasteiger partial charge in [0.25, 0.3) is 11.8 Å². The Labute approximate surface area is 228 Å². The van der Waals surface area contributed by atoms with E-state index in [1.165, 1.54) is 30.5 Å². The SMILES string of the molecule is C[C@@H]1CN(c2ncc(C(=O)Nc3ccc(OC(F)(F)Cl)cc3)cc2-c2cnc3c(c2)C(=O)N(C)C3)C[C@@H](C)O1. The molecule has 2 aromatic heterocycles. The van der Waals surface area contributed by atoms with E-state index in [2.05, 4.69) is 24.9 Å². The zero-order valence-electron chi connectivity index (χ0n) is 21.5. The number of alkyl halides is 3. The molecule has 2 atom stereocenters. The molecular formula is C27H26ClF2N5O4. The number of nitrogens with zero attached hydrogens (tertiary/aromatic N) is 4. The number of nitrogens with one attached hydrogen (secondary N) is 1. The average molecular weight is 558 g/mol. The van der Waals surface area contributed by atoms with Crippen LogP contribution in [0.25, 0.3) is 11.1 Å². The van der Waals surface area contributed by atoms with Gasteiger partial charge in [-0.2, -0.15) is 0 Å². The number of benzene rings is 1. The van der Waals surface area contributed by atoms with Crippen LogP contribution < -0.4 is 15.0 Å². The van der Waals surface area contributed by atoms with E-state index in [1.807, 2.05) is 13.8 Å². The predicted molar refractivity (Wildman–Crippen MR) is 141 cm³/mol. The van der Waals surface area contributed by atoms with Crippen molar-refractivity contribution in [1.29, 1.82) is 0 Å². The highest BCUT2D eigenvalue weighted by Gasteiger charge is 2.30. The summed E-state index contributed by atoms with van der Waals surface area (Å²) in [6.45, 7) is 5.62. The van der Waals surface area contributed by atoms with Gasteiger partial charge in [-0.05, 0) is 50.2 Å². The van der Waals surface area contributed by atoms with Gasteiger partial charge in [0.15, 0.2) is 0 Å². The minimum atomic E-state index is -3.84. The summed E-state index contributed by atoms with van der Waals surface area (Å²) in [5.41, 5.74) is -0.692. The number of hydrogen-bond acceptors (Lipinski definition) is 7. The lowest BCUT2D eigenvalue weighted by Gasteiger charge is -2.37. The molecule has 5 rings (SSSR count). The van der Waals surface area contributed by atoms with Gasteiger partial charge in [-0.15, -0.1) is 8.78 Å². The molecule has 2 aliphatic heterocycles. The zero-order valence-corrected chi connectivity index (χ0v) is 22.2. The molecule has 39 heavy (non-hydrogen) atoms. The third-order valence-corrected chi connectivity index (χ3v) is 6.52. The van der Waals surface area contributed by atoms with Crippen molar-refractivity contribution in [2.24, 2.45) is 0 Å². The monoisotopic (exact) mass is 557 g/mol. The van der Waals surface area contributed by atoms with Crippen LogP contribution in [-0.2, 0) is 11.3 Å². The maximum atomic E-state index is 13.2. The van der Waals surface area contributed by atoms with E-state index >= 15 is 0 Å². The second-order valence-corrected chi connectivity index (χ2v) is 10.1. The number of morpholine rings is 1. The Morgan fingerprint density at radius 2 is 1.79 bits per heavy atom. The van der Waals surface area contributed by atoms with Crippen molar-refractivity contribution >= 4 is 34.9 Å². The lowest BCUT2D eigenvalue weighted by atomic mass is 10.0. The van der Waals surface area contributed by atoms with Crippen LogP contribution in [0.4, 0.5) is 20.3 Å². The van der Waals surface area contributed by atoms with E-state index in [4.69, 9.17) is 16.3 Å². The van der Waals surface area contributed by atoms with Gasteiger partial charge in [0, 0.05) is 60.9 Å². The molecule has 1 saturated heterocycles. The highest BCUT2D eigenvalue weighted by molar-refractivity contribution is 6.20. The van der Waals surface area contributed by atoms with E-state index in [-0.39, 0.29) is 29.4 Å². The number of carbonyl (C=O) groups excluding carboxylic acids is 2. The van der Waals surface area contributed by atoms with Crippen molar-refractivity contribution in [2.45, 2.75) is 38.2 Å². The van der Waals surface area contributed by atoms with Crippen LogP contribution in [0.15, 0.2) is 48.8 Å². The molecule has 0 spiro atoms. The van der Waals surface area contributed by atoms with Crippen LogP contribution in [0, 0.1) is 0 Å². The number of rotatable bonds is 6. The number of hydrogen-bond donors (Lipinski definition) is 1. The van der Waals surface area contributed by atoms with E-state index < -0.39 is 11.5 Å². The van der Waals surface area contributed by atoms with E-state index in [0.29, 0.717) is 53.5 Å². The Bertz CT molecular complexity index is 1410. The number of aromatic nitrogens is 2. The topological polar surface area (TPSA) is 96.9 Å². The molecule has 0 unspecified atom stereocenters. The van der Waals surface area contributed by atoms with Crippen molar-refractivity contribution in [2.75, 3.05) is 30.4 Å². The highest BCUT2D eigenvalue weighted by atomic mass is 35.5. The molecular weight excluding hydrogens is 532 g/mol. The number of pyridine rings is 2. The second-order valence-electron chi connectivity index (χ2n) is 9.66. The van der Waals surface area contributed by atoms with Gasteiger partial charge >= 0.3 is 5.57 Å². The fourth-order valence-corrected chi connectivity index (χ4v) is 4.88. The fourth-order valence-electron chi connectivity index (χ4n) is 4.79. The van der Waals surface area contributed by atoms with Crippen LogP contribution in [0.2, 0.25) is 0 Å². The summed E-state index contributed by atoms with van der Waals surface area (Å²) in [4.78, 5) is 38.7. The largest absolute Gasteiger partial charge is 0.487 e. The third-order valence-electron chi connectivity index (χ3n) is 6.44. The maximum absolute atomic E-state index is 13.2. The summed E-state index contributed by atoms with van der Waals surface area (Å²) in [6, 6.07) is 8.87. The number of carbonyl (C=O) groups is 2. The van der Waals surface area contributed by atoms with Gasteiger partial charge in [0.05, 0.1) is 35.6 Å². The minimum Gasteiger partial charge on any atom is -0.420 e. The summed E-state index contributed by atoms with van der Waals surface area (Å²) >= 11 is 4.80. The van der Waals surface area contributed by atoms with Crippen molar-refractivity contribution in [1.82, 2.24) is 14.9 Å². The molecule has 9 nitrogen and oxygen atoms in total. The first-order valence-electron chi connectivity index (χ1n) is 12.3. The lowest BCUT2D eigenvalue weighted by Crippen LogP contribution is -2.46. The Morgan fingerprint density at radius 3 is 2.46 bits per heavy atom. The molecule has 0 aliphatic carbocycles. The molecule has 1 aromatic carbocycles. The van der Waals surface area contributed by atoms with Crippen molar-refractivity contribution in [3.63, 3.8) is 0 Å². The smallest absolute Gasteiger partial charge is 0.420 e. The quantitative estimate of drug-likeness (QED) is 0.436. The summed E-state index contributed by atoms with van der Waals surface area (Å²) in [6.07, 6.45) is 3.12. The third kappa shape index (κ3) is 5.94. The molecule has 12 heteroatoms. The molecule has 1 N–H and O–H groups in total.